The Morgan fingerprint density at radius 1 is 1.41 bits per heavy atom. The molecule has 0 aromatic carbocycles. The number of hydrogen-bond donors (Lipinski definition) is 2. The molecule has 0 aliphatic carbocycles. The third-order valence-electron chi connectivity index (χ3n) is 3.24. The van der Waals surface area contributed by atoms with Crippen molar-refractivity contribution in [2.75, 3.05) is 13.1 Å². The zero-order valence-corrected chi connectivity index (χ0v) is 14.7. The molecule has 0 aliphatic rings. The molecule has 1 aromatic heterocycles. The largest absolute Gasteiger partial charge is 0.389 e. The van der Waals surface area contributed by atoms with Gasteiger partial charge in [0.1, 0.15) is 6.04 Å². The topological polar surface area (TPSA) is 69.6 Å². The minimum absolute atomic E-state index is 0.0349. The molecule has 22 heavy (non-hydrogen) atoms. The van der Waals surface area contributed by atoms with E-state index in [1.165, 1.54) is 11.3 Å². The van der Waals surface area contributed by atoms with E-state index in [2.05, 4.69) is 5.32 Å². The SMILES string of the molecule is CCN(CC(C)(C)O)C(=O)C(NC(=O)c1cccs1)C(C)C. The van der Waals surface area contributed by atoms with Crippen molar-refractivity contribution in [2.45, 2.75) is 46.3 Å². The molecule has 0 radical (unpaired) electrons. The maximum atomic E-state index is 12.7. The van der Waals surface area contributed by atoms with Gasteiger partial charge < -0.3 is 15.3 Å². The van der Waals surface area contributed by atoms with Gasteiger partial charge in [-0.05, 0) is 38.1 Å². The number of thiophene rings is 1. The van der Waals surface area contributed by atoms with Crippen LogP contribution in [0.3, 0.4) is 0 Å². The summed E-state index contributed by atoms with van der Waals surface area (Å²) in [7, 11) is 0. The number of nitrogens with zero attached hydrogens (tertiary/aromatic N) is 1. The second-order valence-electron chi connectivity index (χ2n) is 6.34. The highest BCUT2D eigenvalue weighted by molar-refractivity contribution is 7.12. The van der Waals surface area contributed by atoms with Crippen LogP contribution in [-0.2, 0) is 4.79 Å². The fraction of sp³-hybridized carbons (Fsp3) is 0.625. The van der Waals surface area contributed by atoms with E-state index in [4.69, 9.17) is 0 Å². The van der Waals surface area contributed by atoms with Gasteiger partial charge in [-0.3, -0.25) is 9.59 Å². The first-order valence-corrected chi connectivity index (χ1v) is 8.39. The van der Waals surface area contributed by atoms with E-state index < -0.39 is 11.6 Å². The molecular formula is C16H26N2O3S. The van der Waals surface area contributed by atoms with E-state index in [-0.39, 0.29) is 24.3 Å². The summed E-state index contributed by atoms with van der Waals surface area (Å²) in [5.74, 6) is -0.432. The molecule has 2 amide bonds. The first-order valence-electron chi connectivity index (χ1n) is 7.51. The summed E-state index contributed by atoms with van der Waals surface area (Å²) < 4.78 is 0. The second-order valence-corrected chi connectivity index (χ2v) is 7.28. The summed E-state index contributed by atoms with van der Waals surface area (Å²) >= 11 is 1.34. The standard InChI is InChI=1S/C16H26N2O3S/c1-6-18(10-16(4,5)21)15(20)13(11(2)3)17-14(19)12-8-7-9-22-12/h7-9,11,13,21H,6,10H2,1-5H3,(H,17,19). The molecule has 0 fully saturated rings. The molecule has 2 N–H and O–H groups in total. The molecule has 0 aliphatic heterocycles. The number of carbonyl (C=O) groups excluding carboxylic acids is 2. The Labute approximate surface area is 136 Å². The average molecular weight is 326 g/mol. The second kappa shape index (κ2) is 7.74. The van der Waals surface area contributed by atoms with Crippen molar-refractivity contribution in [1.82, 2.24) is 10.2 Å². The summed E-state index contributed by atoms with van der Waals surface area (Å²) in [5.41, 5.74) is -0.967. The summed E-state index contributed by atoms with van der Waals surface area (Å²) in [6.45, 7) is 9.71. The molecule has 1 rings (SSSR count). The Kier molecular flexibility index (Phi) is 6.56. The third kappa shape index (κ3) is 5.42. The Morgan fingerprint density at radius 3 is 2.45 bits per heavy atom. The van der Waals surface area contributed by atoms with Crippen LogP contribution in [0.15, 0.2) is 17.5 Å². The Hall–Kier alpha value is -1.40. The normalized spacial score (nSPS) is 13.0. The van der Waals surface area contributed by atoms with Crippen molar-refractivity contribution < 1.29 is 14.7 Å². The van der Waals surface area contributed by atoms with Crippen LogP contribution >= 0.6 is 11.3 Å². The lowest BCUT2D eigenvalue weighted by molar-refractivity contribution is -0.137. The number of aliphatic hydroxyl groups is 1. The van der Waals surface area contributed by atoms with Crippen LogP contribution in [0.4, 0.5) is 0 Å². The summed E-state index contributed by atoms with van der Waals surface area (Å²) in [6.07, 6.45) is 0. The molecule has 6 heteroatoms. The molecular weight excluding hydrogens is 300 g/mol. The molecule has 1 aromatic rings. The van der Waals surface area contributed by atoms with Gasteiger partial charge in [-0.25, -0.2) is 0 Å². The van der Waals surface area contributed by atoms with Gasteiger partial charge in [0.05, 0.1) is 10.5 Å². The van der Waals surface area contributed by atoms with E-state index in [9.17, 15) is 14.7 Å². The van der Waals surface area contributed by atoms with Crippen LogP contribution in [0.5, 0.6) is 0 Å². The lowest BCUT2D eigenvalue weighted by Crippen LogP contribution is -2.53. The van der Waals surface area contributed by atoms with Gasteiger partial charge in [-0.15, -0.1) is 11.3 Å². The number of likely N-dealkylation sites (N-methyl/N-ethyl adjacent to an activating group) is 1. The monoisotopic (exact) mass is 326 g/mol. The van der Waals surface area contributed by atoms with Gasteiger partial charge in [0.15, 0.2) is 0 Å². The number of hydrogen-bond acceptors (Lipinski definition) is 4. The number of nitrogens with one attached hydrogen (secondary N) is 1. The van der Waals surface area contributed by atoms with Crippen molar-refractivity contribution in [3.8, 4) is 0 Å². The lowest BCUT2D eigenvalue weighted by Gasteiger charge is -2.32. The van der Waals surface area contributed by atoms with Crippen LogP contribution in [0, 0.1) is 5.92 Å². The number of rotatable bonds is 7. The van der Waals surface area contributed by atoms with Gasteiger partial charge in [0.2, 0.25) is 5.91 Å². The fourth-order valence-electron chi connectivity index (χ4n) is 2.14. The summed E-state index contributed by atoms with van der Waals surface area (Å²) in [4.78, 5) is 27.1. The smallest absolute Gasteiger partial charge is 0.262 e. The molecule has 0 spiro atoms. The minimum Gasteiger partial charge on any atom is -0.389 e. The van der Waals surface area contributed by atoms with Gasteiger partial charge >= 0.3 is 0 Å². The Morgan fingerprint density at radius 2 is 2.05 bits per heavy atom. The van der Waals surface area contributed by atoms with Crippen molar-refractivity contribution in [2.24, 2.45) is 5.92 Å². The Balaban J connectivity index is 2.85. The van der Waals surface area contributed by atoms with E-state index in [0.717, 1.165) is 0 Å². The van der Waals surface area contributed by atoms with E-state index in [0.29, 0.717) is 11.4 Å². The van der Waals surface area contributed by atoms with Crippen molar-refractivity contribution in [3.63, 3.8) is 0 Å². The third-order valence-corrected chi connectivity index (χ3v) is 4.10. The highest BCUT2D eigenvalue weighted by atomic mass is 32.1. The van der Waals surface area contributed by atoms with Crippen LogP contribution in [-0.4, -0.2) is 46.6 Å². The molecule has 0 saturated carbocycles. The predicted octanol–water partition coefficient (Wildman–Crippen LogP) is 2.12. The van der Waals surface area contributed by atoms with E-state index in [1.54, 1.807) is 30.9 Å². The highest BCUT2D eigenvalue weighted by Gasteiger charge is 2.30. The van der Waals surface area contributed by atoms with Crippen molar-refractivity contribution in [1.29, 1.82) is 0 Å². The maximum absolute atomic E-state index is 12.7. The van der Waals surface area contributed by atoms with Crippen LogP contribution in [0.2, 0.25) is 0 Å². The van der Waals surface area contributed by atoms with Crippen molar-refractivity contribution in [3.05, 3.63) is 22.4 Å². The number of amides is 2. The van der Waals surface area contributed by atoms with E-state index in [1.807, 2.05) is 26.2 Å². The first-order chi connectivity index (χ1) is 10.2. The van der Waals surface area contributed by atoms with Gasteiger partial charge in [-0.1, -0.05) is 19.9 Å². The minimum atomic E-state index is -0.967. The Bertz CT molecular complexity index is 492. The van der Waals surface area contributed by atoms with Gasteiger partial charge in [0, 0.05) is 13.1 Å². The van der Waals surface area contributed by atoms with Crippen LogP contribution < -0.4 is 5.32 Å². The molecule has 1 unspecified atom stereocenters. The molecule has 0 saturated heterocycles. The molecule has 5 nitrogen and oxygen atoms in total. The zero-order chi connectivity index (χ0) is 16.9. The predicted molar refractivity (Wildman–Crippen MR) is 89.0 cm³/mol. The first kappa shape index (κ1) is 18.6. The number of carbonyl (C=O) groups is 2. The van der Waals surface area contributed by atoms with Crippen molar-refractivity contribution >= 4 is 23.2 Å². The maximum Gasteiger partial charge on any atom is 0.262 e. The molecule has 0 bridgehead atoms. The molecule has 1 heterocycles. The zero-order valence-electron chi connectivity index (χ0n) is 13.9. The van der Waals surface area contributed by atoms with Crippen LogP contribution in [0.25, 0.3) is 0 Å². The van der Waals surface area contributed by atoms with Gasteiger partial charge in [0.25, 0.3) is 5.91 Å². The molecule has 1 atom stereocenters. The average Bonchev–Trinajstić information content (AvgIpc) is 2.93. The van der Waals surface area contributed by atoms with Crippen LogP contribution in [0.1, 0.15) is 44.3 Å². The lowest BCUT2D eigenvalue weighted by atomic mass is 10.0. The van der Waals surface area contributed by atoms with E-state index >= 15 is 0 Å². The van der Waals surface area contributed by atoms with Gasteiger partial charge in [-0.2, -0.15) is 0 Å². The summed E-state index contributed by atoms with van der Waals surface area (Å²) in [6, 6.07) is 2.94. The highest BCUT2D eigenvalue weighted by Crippen LogP contribution is 2.13. The quantitative estimate of drug-likeness (QED) is 0.806. The fourth-order valence-corrected chi connectivity index (χ4v) is 2.77. The summed E-state index contributed by atoms with van der Waals surface area (Å²) in [5, 5.41) is 14.6. The molecule has 124 valence electrons.